The van der Waals surface area contributed by atoms with Crippen molar-refractivity contribution in [1.82, 2.24) is 0 Å². The van der Waals surface area contributed by atoms with Crippen LogP contribution in [0.3, 0.4) is 0 Å². The van der Waals surface area contributed by atoms with Crippen LogP contribution >= 0.6 is 0 Å². The number of hydrogen-bond acceptors (Lipinski definition) is 4. The average molecular weight is 412 g/mol. The minimum atomic E-state index is -0.358. The summed E-state index contributed by atoms with van der Waals surface area (Å²) in [7, 11) is 1.37. The van der Waals surface area contributed by atoms with E-state index in [1.807, 2.05) is 36.4 Å². The quantitative estimate of drug-likeness (QED) is 0.604. The minimum Gasteiger partial charge on any atom is -0.465 e. The van der Waals surface area contributed by atoms with Gasteiger partial charge in [-0.05, 0) is 72.0 Å². The summed E-state index contributed by atoms with van der Waals surface area (Å²) in [5.74, 6) is -0.372. The maximum absolute atomic E-state index is 13.2. The van der Waals surface area contributed by atoms with Gasteiger partial charge in [-0.3, -0.25) is 4.79 Å². The standard InChI is InChI=1S/C26H24N2O3/c1-31-26(30)21-8-11-24-20(16-21)13-15-28(24)25(29)19-6-9-23(10-7-19)27-14-12-18-4-2-3-5-22(18)17-27/h2-11,16H,12-15,17H2,1H3. The van der Waals surface area contributed by atoms with Crippen LogP contribution in [-0.4, -0.2) is 32.1 Å². The molecule has 0 fully saturated rings. The Hall–Kier alpha value is -3.60. The van der Waals surface area contributed by atoms with Gasteiger partial charge in [0, 0.05) is 36.6 Å². The molecule has 0 spiro atoms. The van der Waals surface area contributed by atoms with Crippen LogP contribution in [0.25, 0.3) is 0 Å². The summed E-state index contributed by atoms with van der Waals surface area (Å²) in [4.78, 5) is 29.1. The summed E-state index contributed by atoms with van der Waals surface area (Å²) in [5.41, 5.74) is 6.99. The van der Waals surface area contributed by atoms with Gasteiger partial charge in [-0.15, -0.1) is 0 Å². The molecule has 5 nitrogen and oxygen atoms in total. The Balaban J connectivity index is 1.32. The minimum absolute atomic E-state index is 0.0138. The van der Waals surface area contributed by atoms with Crippen LogP contribution in [0.15, 0.2) is 66.7 Å². The summed E-state index contributed by atoms with van der Waals surface area (Å²) in [6, 6.07) is 21.9. The van der Waals surface area contributed by atoms with Gasteiger partial charge in [0.2, 0.25) is 0 Å². The third kappa shape index (κ3) is 3.56. The Labute approximate surface area is 181 Å². The topological polar surface area (TPSA) is 49.9 Å². The number of hydrogen-bond donors (Lipinski definition) is 0. The zero-order chi connectivity index (χ0) is 21.4. The van der Waals surface area contributed by atoms with Crippen LogP contribution < -0.4 is 9.80 Å². The maximum atomic E-state index is 13.2. The molecule has 0 atom stereocenters. The molecule has 0 N–H and O–H groups in total. The van der Waals surface area contributed by atoms with Crippen molar-refractivity contribution in [3.8, 4) is 0 Å². The predicted octanol–water partition coefficient (Wildman–Crippen LogP) is 4.24. The highest BCUT2D eigenvalue weighted by molar-refractivity contribution is 6.07. The number of ether oxygens (including phenoxy) is 1. The summed E-state index contributed by atoms with van der Waals surface area (Å²) >= 11 is 0. The molecule has 2 heterocycles. The Morgan fingerprint density at radius 3 is 2.29 bits per heavy atom. The molecule has 5 rings (SSSR count). The second-order valence-electron chi connectivity index (χ2n) is 8.03. The van der Waals surface area contributed by atoms with E-state index >= 15 is 0 Å². The molecule has 0 radical (unpaired) electrons. The summed E-state index contributed by atoms with van der Waals surface area (Å²) in [5, 5.41) is 0. The van der Waals surface area contributed by atoms with Crippen molar-refractivity contribution < 1.29 is 14.3 Å². The van der Waals surface area contributed by atoms with Crippen LogP contribution in [-0.2, 0) is 24.1 Å². The first-order valence-electron chi connectivity index (χ1n) is 10.6. The molecule has 31 heavy (non-hydrogen) atoms. The number of carbonyl (C=O) groups is 2. The fourth-order valence-electron chi connectivity index (χ4n) is 4.54. The number of fused-ring (bicyclic) bond motifs is 2. The van der Waals surface area contributed by atoms with Crippen molar-refractivity contribution in [1.29, 1.82) is 0 Å². The van der Waals surface area contributed by atoms with E-state index in [9.17, 15) is 9.59 Å². The van der Waals surface area contributed by atoms with Gasteiger partial charge in [0.25, 0.3) is 5.91 Å². The Bertz CT molecular complexity index is 1150. The molecule has 3 aromatic rings. The fourth-order valence-corrected chi connectivity index (χ4v) is 4.54. The van der Waals surface area contributed by atoms with Gasteiger partial charge in [0.15, 0.2) is 0 Å². The van der Waals surface area contributed by atoms with Crippen molar-refractivity contribution in [3.63, 3.8) is 0 Å². The summed E-state index contributed by atoms with van der Waals surface area (Å²) in [6.07, 6.45) is 1.77. The molecule has 5 heteroatoms. The van der Waals surface area contributed by atoms with E-state index in [-0.39, 0.29) is 11.9 Å². The number of anilines is 2. The second kappa shape index (κ2) is 7.91. The van der Waals surface area contributed by atoms with E-state index in [0.717, 1.165) is 42.9 Å². The van der Waals surface area contributed by atoms with Gasteiger partial charge in [-0.2, -0.15) is 0 Å². The molecule has 0 unspecified atom stereocenters. The smallest absolute Gasteiger partial charge is 0.337 e. The van der Waals surface area contributed by atoms with E-state index in [1.54, 1.807) is 11.0 Å². The maximum Gasteiger partial charge on any atom is 0.337 e. The molecule has 0 aliphatic carbocycles. The molecule has 0 aromatic heterocycles. The third-order valence-electron chi connectivity index (χ3n) is 6.25. The van der Waals surface area contributed by atoms with Crippen molar-refractivity contribution >= 4 is 23.3 Å². The van der Waals surface area contributed by atoms with E-state index in [2.05, 4.69) is 29.2 Å². The first-order chi connectivity index (χ1) is 15.1. The number of carbonyl (C=O) groups excluding carboxylic acids is 2. The van der Waals surface area contributed by atoms with E-state index in [4.69, 9.17) is 4.74 Å². The summed E-state index contributed by atoms with van der Waals surface area (Å²) < 4.78 is 4.80. The van der Waals surface area contributed by atoms with Gasteiger partial charge in [0.05, 0.1) is 12.7 Å². The number of amides is 1. The van der Waals surface area contributed by atoms with E-state index in [0.29, 0.717) is 17.7 Å². The third-order valence-corrected chi connectivity index (χ3v) is 6.25. The zero-order valence-corrected chi connectivity index (χ0v) is 17.5. The Morgan fingerprint density at radius 1 is 0.806 bits per heavy atom. The average Bonchev–Trinajstić information content (AvgIpc) is 3.26. The van der Waals surface area contributed by atoms with Gasteiger partial charge >= 0.3 is 5.97 Å². The molecular formula is C26H24N2O3. The first-order valence-corrected chi connectivity index (χ1v) is 10.6. The van der Waals surface area contributed by atoms with Crippen LogP contribution in [0.5, 0.6) is 0 Å². The van der Waals surface area contributed by atoms with Crippen molar-refractivity contribution in [2.75, 3.05) is 30.0 Å². The number of benzene rings is 3. The molecule has 0 saturated heterocycles. The Kier molecular flexibility index (Phi) is 4.94. The number of rotatable bonds is 3. The predicted molar refractivity (Wildman–Crippen MR) is 121 cm³/mol. The fraction of sp³-hybridized carbons (Fsp3) is 0.231. The highest BCUT2D eigenvalue weighted by Gasteiger charge is 2.27. The lowest BCUT2D eigenvalue weighted by Crippen LogP contribution is -2.31. The SMILES string of the molecule is COC(=O)c1ccc2c(c1)CCN2C(=O)c1ccc(N2CCc3ccccc3C2)cc1. The lowest BCUT2D eigenvalue weighted by atomic mass is 9.99. The van der Waals surface area contributed by atoms with Gasteiger partial charge < -0.3 is 14.5 Å². The van der Waals surface area contributed by atoms with Crippen molar-refractivity contribution in [3.05, 3.63) is 94.5 Å². The van der Waals surface area contributed by atoms with Crippen molar-refractivity contribution in [2.45, 2.75) is 19.4 Å². The molecule has 156 valence electrons. The van der Waals surface area contributed by atoms with Gasteiger partial charge in [-0.25, -0.2) is 4.79 Å². The monoisotopic (exact) mass is 412 g/mol. The van der Waals surface area contributed by atoms with Gasteiger partial charge in [-0.1, -0.05) is 24.3 Å². The van der Waals surface area contributed by atoms with E-state index < -0.39 is 0 Å². The van der Waals surface area contributed by atoms with Crippen molar-refractivity contribution in [2.24, 2.45) is 0 Å². The van der Waals surface area contributed by atoms with Crippen LogP contribution in [0.2, 0.25) is 0 Å². The Morgan fingerprint density at radius 2 is 1.52 bits per heavy atom. The normalized spacial score (nSPS) is 14.7. The molecule has 3 aromatic carbocycles. The lowest BCUT2D eigenvalue weighted by molar-refractivity contribution is 0.0600. The summed E-state index contributed by atoms with van der Waals surface area (Å²) in [6.45, 7) is 2.49. The van der Waals surface area contributed by atoms with Crippen LogP contribution in [0.4, 0.5) is 11.4 Å². The second-order valence-corrected chi connectivity index (χ2v) is 8.03. The molecule has 2 aliphatic heterocycles. The number of nitrogens with zero attached hydrogens (tertiary/aromatic N) is 2. The molecule has 2 aliphatic rings. The van der Waals surface area contributed by atoms with Gasteiger partial charge in [0.1, 0.15) is 0 Å². The first kappa shape index (κ1) is 19.4. The number of methoxy groups -OCH3 is 1. The highest BCUT2D eigenvalue weighted by Crippen LogP contribution is 2.31. The largest absolute Gasteiger partial charge is 0.465 e. The number of esters is 1. The molecule has 1 amide bonds. The lowest BCUT2D eigenvalue weighted by Gasteiger charge is -2.31. The van der Waals surface area contributed by atoms with Crippen LogP contribution in [0.1, 0.15) is 37.4 Å². The molecular weight excluding hydrogens is 388 g/mol. The van der Waals surface area contributed by atoms with E-state index in [1.165, 1.54) is 18.2 Å². The molecule has 0 bridgehead atoms. The van der Waals surface area contributed by atoms with Crippen LogP contribution in [0, 0.1) is 0 Å². The highest BCUT2D eigenvalue weighted by atomic mass is 16.5. The molecule has 0 saturated carbocycles. The zero-order valence-electron chi connectivity index (χ0n) is 17.5.